The molecule has 5 nitrogen and oxygen atoms in total. The number of nitrogens with zero attached hydrogens (tertiary/aromatic N) is 3. The standard InChI is InChI=1S/C24H19ClF2N4O/c1-13-7-16(8-21(27)14(13)2)23-10-22(24-18(11-28)15(12-32)5-6-29-24)30-31(23)17-3-4-20(26)19(25)9-17/h3-10,12H,11,28H2,1-2H3. The number of halogens is 3. The zero-order valence-electron chi connectivity index (χ0n) is 17.4. The van der Waals surface area contributed by atoms with Gasteiger partial charge in [-0.05, 0) is 67.4 Å². The van der Waals surface area contributed by atoms with Gasteiger partial charge in [0.1, 0.15) is 17.3 Å². The van der Waals surface area contributed by atoms with Gasteiger partial charge in [-0.2, -0.15) is 5.10 Å². The van der Waals surface area contributed by atoms with Gasteiger partial charge in [0, 0.05) is 29.4 Å². The van der Waals surface area contributed by atoms with E-state index < -0.39 is 5.82 Å². The molecule has 8 heteroatoms. The summed E-state index contributed by atoms with van der Waals surface area (Å²) in [5, 5.41) is 4.57. The Morgan fingerprint density at radius 1 is 1.09 bits per heavy atom. The second-order valence-electron chi connectivity index (χ2n) is 7.37. The number of carbonyl (C=O) groups is 1. The molecule has 0 amide bonds. The second kappa shape index (κ2) is 8.61. The van der Waals surface area contributed by atoms with E-state index in [9.17, 15) is 13.6 Å². The van der Waals surface area contributed by atoms with Crippen LogP contribution in [-0.2, 0) is 6.54 Å². The van der Waals surface area contributed by atoms with Crippen molar-refractivity contribution in [3.8, 4) is 28.3 Å². The van der Waals surface area contributed by atoms with E-state index >= 15 is 0 Å². The van der Waals surface area contributed by atoms with E-state index in [1.807, 2.05) is 13.0 Å². The Hall–Kier alpha value is -3.42. The number of nitrogens with two attached hydrogens (primary N) is 1. The fourth-order valence-corrected chi connectivity index (χ4v) is 3.71. The molecule has 0 fully saturated rings. The Labute approximate surface area is 188 Å². The molecule has 162 valence electrons. The van der Waals surface area contributed by atoms with Gasteiger partial charge in [-0.15, -0.1) is 0 Å². The van der Waals surface area contributed by atoms with Crippen LogP contribution in [0.3, 0.4) is 0 Å². The summed E-state index contributed by atoms with van der Waals surface area (Å²) in [5.74, 6) is -0.914. The fourth-order valence-electron chi connectivity index (χ4n) is 3.53. The highest BCUT2D eigenvalue weighted by Crippen LogP contribution is 2.32. The van der Waals surface area contributed by atoms with Crippen LogP contribution in [0.1, 0.15) is 27.0 Å². The minimum Gasteiger partial charge on any atom is -0.326 e. The van der Waals surface area contributed by atoms with Gasteiger partial charge in [0.25, 0.3) is 0 Å². The van der Waals surface area contributed by atoms with Crippen LogP contribution >= 0.6 is 11.6 Å². The highest BCUT2D eigenvalue weighted by molar-refractivity contribution is 6.30. The number of aryl methyl sites for hydroxylation is 1. The van der Waals surface area contributed by atoms with Gasteiger partial charge in [-0.25, -0.2) is 13.5 Å². The molecule has 2 aromatic carbocycles. The summed E-state index contributed by atoms with van der Waals surface area (Å²) >= 11 is 6.00. The van der Waals surface area contributed by atoms with Gasteiger partial charge in [0.05, 0.1) is 22.1 Å². The molecule has 2 aromatic heterocycles. The lowest BCUT2D eigenvalue weighted by atomic mass is 10.0. The average Bonchev–Trinajstić information content (AvgIpc) is 3.23. The molecule has 4 rings (SSSR count). The van der Waals surface area contributed by atoms with Crippen molar-refractivity contribution in [2.75, 3.05) is 0 Å². The van der Waals surface area contributed by atoms with Gasteiger partial charge >= 0.3 is 0 Å². The van der Waals surface area contributed by atoms with Crippen LogP contribution in [0.2, 0.25) is 5.02 Å². The van der Waals surface area contributed by atoms with Crippen LogP contribution in [0.4, 0.5) is 8.78 Å². The van der Waals surface area contributed by atoms with Crippen LogP contribution in [0.15, 0.2) is 48.7 Å². The fraction of sp³-hybridized carbons (Fsp3) is 0.125. The topological polar surface area (TPSA) is 73.8 Å². The molecule has 0 spiro atoms. The number of carbonyl (C=O) groups excluding carboxylic acids is 1. The molecule has 0 saturated heterocycles. The first kappa shape index (κ1) is 21.8. The molecule has 0 radical (unpaired) electrons. The van der Waals surface area contributed by atoms with Gasteiger partial charge in [-0.3, -0.25) is 9.78 Å². The highest BCUT2D eigenvalue weighted by Gasteiger charge is 2.19. The number of pyridine rings is 1. The van der Waals surface area contributed by atoms with Gasteiger partial charge in [0.2, 0.25) is 0 Å². The molecule has 2 N–H and O–H groups in total. The third-order valence-electron chi connectivity index (χ3n) is 5.42. The first-order chi connectivity index (χ1) is 15.3. The van der Waals surface area contributed by atoms with Crippen LogP contribution in [0.25, 0.3) is 28.3 Å². The minimum absolute atomic E-state index is 0.0690. The zero-order valence-corrected chi connectivity index (χ0v) is 18.1. The van der Waals surface area contributed by atoms with E-state index in [1.54, 1.807) is 23.7 Å². The van der Waals surface area contributed by atoms with Crippen molar-refractivity contribution >= 4 is 17.9 Å². The van der Waals surface area contributed by atoms with Gasteiger partial charge < -0.3 is 5.73 Å². The number of hydrogen-bond acceptors (Lipinski definition) is 4. The maximum Gasteiger partial charge on any atom is 0.150 e. The summed E-state index contributed by atoms with van der Waals surface area (Å²) in [6.45, 7) is 3.61. The third-order valence-corrected chi connectivity index (χ3v) is 5.71. The Morgan fingerprint density at radius 3 is 2.53 bits per heavy atom. The third kappa shape index (κ3) is 3.81. The maximum atomic E-state index is 14.6. The lowest BCUT2D eigenvalue weighted by molar-refractivity contribution is 0.112. The Morgan fingerprint density at radius 2 is 1.88 bits per heavy atom. The lowest BCUT2D eigenvalue weighted by Crippen LogP contribution is -2.06. The first-order valence-corrected chi connectivity index (χ1v) is 10.2. The minimum atomic E-state index is -0.563. The van der Waals surface area contributed by atoms with Crippen LogP contribution in [0.5, 0.6) is 0 Å². The van der Waals surface area contributed by atoms with Crippen molar-refractivity contribution in [3.05, 3.63) is 87.6 Å². The quantitative estimate of drug-likeness (QED) is 0.410. The number of aromatic nitrogens is 3. The van der Waals surface area contributed by atoms with Crippen molar-refractivity contribution in [1.82, 2.24) is 14.8 Å². The summed E-state index contributed by atoms with van der Waals surface area (Å²) in [6, 6.07) is 10.8. The molecule has 32 heavy (non-hydrogen) atoms. The summed E-state index contributed by atoms with van der Waals surface area (Å²) in [7, 11) is 0. The van der Waals surface area contributed by atoms with Gasteiger partial charge in [-0.1, -0.05) is 11.6 Å². The second-order valence-corrected chi connectivity index (χ2v) is 7.78. The van der Waals surface area contributed by atoms with E-state index in [1.165, 1.54) is 30.5 Å². The molecule has 0 saturated carbocycles. The highest BCUT2D eigenvalue weighted by atomic mass is 35.5. The molecule has 0 unspecified atom stereocenters. The summed E-state index contributed by atoms with van der Waals surface area (Å²) in [4.78, 5) is 15.8. The van der Waals surface area contributed by atoms with E-state index in [4.69, 9.17) is 17.3 Å². The van der Waals surface area contributed by atoms with Crippen molar-refractivity contribution in [2.45, 2.75) is 20.4 Å². The van der Waals surface area contributed by atoms with Crippen molar-refractivity contribution in [3.63, 3.8) is 0 Å². The monoisotopic (exact) mass is 452 g/mol. The normalized spacial score (nSPS) is 11.1. The number of hydrogen-bond donors (Lipinski definition) is 1. The zero-order chi connectivity index (χ0) is 23.0. The largest absolute Gasteiger partial charge is 0.326 e. The van der Waals surface area contributed by atoms with Crippen LogP contribution in [-0.4, -0.2) is 21.1 Å². The summed E-state index contributed by atoms with van der Waals surface area (Å²) < 4.78 is 29.9. The van der Waals surface area contributed by atoms with Crippen molar-refractivity contribution < 1.29 is 13.6 Å². The molecule has 0 atom stereocenters. The van der Waals surface area contributed by atoms with E-state index in [0.29, 0.717) is 51.3 Å². The van der Waals surface area contributed by atoms with E-state index in [2.05, 4.69) is 10.1 Å². The van der Waals surface area contributed by atoms with Crippen LogP contribution in [0, 0.1) is 25.5 Å². The molecule has 0 aliphatic heterocycles. The summed E-state index contributed by atoms with van der Waals surface area (Å²) in [6.07, 6.45) is 2.21. The lowest BCUT2D eigenvalue weighted by Gasteiger charge is -2.11. The van der Waals surface area contributed by atoms with Crippen molar-refractivity contribution in [2.24, 2.45) is 5.73 Å². The van der Waals surface area contributed by atoms with Crippen molar-refractivity contribution in [1.29, 1.82) is 0 Å². The molecule has 2 heterocycles. The van der Waals surface area contributed by atoms with Gasteiger partial charge in [0.15, 0.2) is 6.29 Å². The smallest absolute Gasteiger partial charge is 0.150 e. The molecule has 0 aliphatic carbocycles. The van der Waals surface area contributed by atoms with Crippen LogP contribution < -0.4 is 5.73 Å². The van der Waals surface area contributed by atoms with E-state index in [0.717, 1.165) is 5.56 Å². The molecule has 4 aromatic rings. The first-order valence-electron chi connectivity index (χ1n) is 9.80. The predicted octanol–water partition coefficient (Wildman–Crippen LogP) is 5.42. The Kier molecular flexibility index (Phi) is 5.86. The Bertz CT molecular complexity index is 1330. The molecular formula is C24H19ClF2N4O. The number of rotatable bonds is 5. The molecule has 0 bridgehead atoms. The molecule has 0 aliphatic rings. The average molecular weight is 453 g/mol. The van der Waals surface area contributed by atoms with E-state index in [-0.39, 0.29) is 17.4 Å². The Balaban J connectivity index is 2.00. The molecular weight excluding hydrogens is 434 g/mol. The SMILES string of the molecule is Cc1cc(-c2cc(-c3nccc(C=O)c3CN)nn2-c2ccc(F)c(Cl)c2)cc(F)c1C. The summed E-state index contributed by atoms with van der Waals surface area (Å²) in [5.41, 5.74) is 10.6. The predicted molar refractivity (Wildman–Crippen MR) is 120 cm³/mol. The number of benzene rings is 2. The number of aldehydes is 1. The maximum absolute atomic E-state index is 14.6.